The van der Waals surface area contributed by atoms with Crippen LogP contribution in [0.25, 0.3) is 0 Å². The van der Waals surface area contributed by atoms with E-state index in [2.05, 4.69) is 10.4 Å². The highest BCUT2D eigenvalue weighted by Gasteiger charge is 2.29. The first-order valence-electron chi connectivity index (χ1n) is 6.86. The lowest BCUT2D eigenvalue weighted by Gasteiger charge is -2.25. The van der Waals surface area contributed by atoms with Gasteiger partial charge in [0.25, 0.3) is 0 Å². The molecule has 0 radical (unpaired) electrons. The molecule has 0 aromatic rings. The Labute approximate surface area is 121 Å². The molecule has 1 rings (SSSR count). The predicted molar refractivity (Wildman–Crippen MR) is 81.2 cm³/mol. The van der Waals surface area contributed by atoms with Crippen molar-refractivity contribution in [1.29, 1.82) is 0 Å². The minimum Gasteiger partial charge on any atom is -0.360 e. The fraction of sp³-hybridized carbons (Fsp3) is 0.917. The van der Waals surface area contributed by atoms with Gasteiger partial charge in [-0.25, -0.2) is 4.57 Å². The van der Waals surface area contributed by atoms with Gasteiger partial charge in [-0.05, 0) is 52.8 Å². The van der Waals surface area contributed by atoms with E-state index >= 15 is 0 Å². The molecule has 7 heteroatoms. The van der Waals surface area contributed by atoms with E-state index in [9.17, 15) is 4.57 Å². The number of hydrogen-bond acceptors (Lipinski definition) is 4. The zero-order valence-electron chi connectivity index (χ0n) is 12.1. The molecule has 0 aromatic carbocycles. The first-order chi connectivity index (χ1) is 8.81. The summed E-state index contributed by atoms with van der Waals surface area (Å²) in [6, 6.07) is 0.367. The van der Waals surface area contributed by atoms with E-state index in [-0.39, 0.29) is 12.2 Å². The molecule has 1 aliphatic rings. The molecule has 0 bridgehead atoms. The van der Waals surface area contributed by atoms with Gasteiger partial charge in [0.1, 0.15) is 0 Å². The van der Waals surface area contributed by atoms with Crippen LogP contribution in [-0.2, 0) is 13.6 Å². The summed E-state index contributed by atoms with van der Waals surface area (Å²) in [5, 5.41) is 6.23. The van der Waals surface area contributed by atoms with E-state index in [1.807, 2.05) is 27.7 Å². The van der Waals surface area contributed by atoms with Gasteiger partial charge >= 0.3 is 7.75 Å². The molecule has 1 saturated carbocycles. The zero-order chi connectivity index (χ0) is 14.5. The Bertz CT molecular complexity index is 330. The largest absolute Gasteiger partial charge is 0.434 e. The second-order valence-electron chi connectivity index (χ2n) is 5.37. The molecule has 0 aromatic heterocycles. The van der Waals surface area contributed by atoms with Crippen LogP contribution in [-0.4, -0.2) is 23.4 Å². The van der Waals surface area contributed by atoms with Gasteiger partial charge in [-0.3, -0.25) is 14.1 Å². The maximum atomic E-state index is 12.5. The maximum absolute atomic E-state index is 12.5. The fourth-order valence-corrected chi connectivity index (χ4v) is 4.13. The van der Waals surface area contributed by atoms with Crippen molar-refractivity contribution in [1.82, 2.24) is 10.4 Å². The second kappa shape index (κ2) is 7.58. The molecule has 0 amide bonds. The quantitative estimate of drug-likeness (QED) is 0.579. The van der Waals surface area contributed by atoms with Crippen molar-refractivity contribution in [3.63, 3.8) is 0 Å². The van der Waals surface area contributed by atoms with Crippen LogP contribution < -0.4 is 10.4 Å². The highest BCUT2D eigenvalue weighted by molar-refractivity contribution is 7.81. The average molecular weight is 308 g/mol. The van der Waals surface area contributed by atoms with Crippen molar-refractivity contribution >= 4 is 25.1 Å². The summed E-state index contributed by atoms with van der Waals surface area (Å²) < 4.78 is 23.3. The minimum absolute atomic E-state index is 0.202. The summed E-state index contributed by atoms with van der Waals surface area (Å²) in [4.78, 5) is 0. The van der Waals surface area contributed by atoms with Crippen LogP contribution >= 0.6 is 20.0 Å². The first kappa shape index (κ1) is 16.9. The predicted octanol–water partition coefficient (Wildman–Crippen LogP) is 3.35. The van der Waals surface area contributed by atoms with Gasteiger partial charge in [0.15, 0.2) is 5.11 Å². The molecule has 5 nitrogen and oxygen atoms in total. The highest BCUT2D eigenvalue weighted by atomic mass is 32.1. The van der Waals surface area contributed by atoms with Crippen LogP contribution in [0, 0.1) is 0 Å². The third-order valence-electron chi connectivity index (χ3n) is 2.63. The summed E-state index contributed by atoms with van der Waals surface area (Å²) in [6.07, 6.45) is 4.22. The molecule has 2 N–H and O–H groups in total. The van der Waals surface area contributed by atoms with Crippen LogP contribution in [0.4, 0.5) is 0 Å². The number of nitrogens with one attached hydrogen (secondary N) is 2. The number of hydrogen-bond donors (Lipinski definition) is 2. The summed E-state index contributed by atoms with van der Waals surface area (Å²) >= 11 is 5.19. The normalized spacial score (nSPS) is 17.2. The van der Waals surface area contributed by atoms with E-state index in [4.69, 9.17) is 21.3 Å². The summed E-state index contributed by atoms with van der Waals surface area (Å²) in [6.45, 7) is 7.24. The van der Waals surface area contributed by atoms with Gasteiger partial charge in [-0.2, -0.15) is 0 Å². The Morgan fingerprint density at radius 1 is 1.16 bits per heavy atom. The summed E-state index contributed by atoms with van der Waals surface area (Å²) in [5.74, 6) is 0. The Kier molecular flexibility index (Phi) is 6.74. The standard InChI is InChI=1S/C12H25N2O3PS/c1-9(2)16-18(15,17-10(3)4)14-12(19)13-11-7-5-6-8-11/h9-11H,5-8H2,1-4H3,(H2,13,14,15,19). The Balaban J connectivity index is 2.55. The van der Waals surface area contributed by atoms with Crippen molar-refractivity contribution in [3.05, 3.63) is 0 Å². The first-order valence-corrected chi connectivity index (χ1v) is 8.81. The van der Waals surface area contributed by atoms with E-state index in [1.165, 1.54) is 12.8 Å². The van der Waals surface area contributed by atoms with Crippen molar-refractivity contribution in [2.45, 2.75) is 71.6 Å². The van der Waals surface area contributed by atoms with Crippen LogP contribution in [0.3, 0.4) is 0 Å². The van der Waals surface area contributed by atoms with Crippen LogP contribution in [0.5, 0.6) is 0 Å². The molecule has 19 heavy (non-hydrogen) atoms. The Hall–Kier alpha value is -0.160. The third-order valence-corrected chi connectivity index (χ3v) is 4.90. The van der Waals surface area contributed by atoms with E-state index < -0.39 is 7.75 Å². The molecule has 0 saturated heterocycles. The third kappa shape index (κ3) is 6.70. The second-order valence-corrected chi connectivity index (χ2v) is 7.42. The molecular formula is C12H25N2O3PS. The van der Waals surface area contributed by atoms with E-state index in [0.29, 0.717) is 11.2 Å². The Morgan fingerprint density at radius 2 is 1.63 bits per heavy atom. The number of rotatable bonds is 6. The van der Waals surface area contributed by atoms with Gasteiger partial charge in [0.2, 0.25) is 0 Å². The topological polar surface area (TPSA) is 59.6 Å². The smallest absolute Gasteiger partial charge is 0.360 e. The Morgan fingerprint density at radius 3 is 2.05 bits per heavy atom. The van der Waals surface area contributed by atoms with Gasteiger partial charge in [-0.1, -0.05) is 12.8 Å². The molecule has 0 aliphatic heterocycles. The molecule has 0 unspecified atom stereocenters. The zero-order valence-corrected chi connectivity index (χ0v) is 13.9. The van der Waals surface area contributed by atoms with E-state index in [0.717, 1.165) is 12.8 Å². The average Bonchev–Trinajstić information content (AvgIpc) is 2.65. The van der Waals surface area contributed by atoms with Crippen molar-refractivity contribution in [3.8, 4) is 0 Å². The van der Waals surface area contributed by atoms with Gasteiger partial charge in [0.05, 0.1) is 12.2 Å². The molecule has 1 aliphatic carbocycles. The monoisotopic (exact) mass is 308 g/mol. The van der Waals surface area contributed by atoms with Gasteiger partial charge < -0.3 is 5.32 Å². The molecule has 1 fully saturated rings. The summed E-state index contributed by atoms with van der Waals surface area (Å²) in [7, 11) is -3.40. The lowest BCUT2D eigenvalue weighted by Crippen LogP contribution is -2.40. The van der Waals surface area contributed by atoms with Gasteiger partial charge in [-0.15, -0.1) is 0 Å². The molecule has 0 spiro atoms. The lowest BCUT2D eigenvalue weighted by molar-refractivity contribution is 0.139. The molecule has 0 atom stereocenters. The van der Waals surface area contributed by atoms with Crippen LogP contribution in [0.2, 0.25) is 0 Å². The molecule has 112 valence electrons. The SMILES string of the molecule is CC(C)OP(=O)(NC(=S)NC1CCCC1)OC(C)C. The van der Waals surface area contributed by atoms with Crippen molar-refractivity contribution in [2.75, 3.05) is 0 Å². The summed E-state index contributed by atoms with van der Waals surface area (Å²) in [5.41, 5.74) is 0. The fourth-order valence-electron chi connectivity index (χ4n) is 2.04. The maximum Gasteiger partial charge on any atom is 0.434 e. The lowest BCUT2D eigenvalue weighted by atomic mass is 10.3. The van der Waals surface area contributed by atoms with Crippen molar-refractivity contribution < 1.29 is 13.6 Å². The minimum atomic E-state index is -3.40. The van der Waals surface area contributed by atoms with Crippen LogP contribution in [0.15, 0.2) is 0 Å². The number of thiocarbonyl (C=S) groups is 1. The highest BCUT2D eigenvalue weighted by Crippen LogP contribution is 2.46. The molecule has 0 heterocycles. The van der Waals surface area contributed by atoms with Crippen LogP contribution in [0.1, 0.15) is 53.4 Å². The van der Waals surface area contributed by atoms with E-state index in [1.54, 1.807) is 0 Å². The van der Waals surface area contributed by atoms with Crippen molar-refractivity contribution in [2.24, 2.45) is 0 Å². The van der Waals surface area contributed by atoms with Gasteiger partial charge in [0, 0.05) is 6.04 Å². The molecular weight excluding hydrogens is 283 g/mol.